The van der Waals surface area contributed by atoms with Crippen LogP contribution in [-0.4, -0.2) is 5.11 Å². The van der Waals surface area contributed by atoms with Gasteiger partial charge in [-0.05, 0) is 0 Å². The molecule has 0 bridgehead atoms. The number of rotatable bonds is 0. The van der Waals surface area contributed by atoms with E-state index in [2.05, 4.69) is 6.07 Å². The molecule has 2 aromatic carbocycles. The molecule has 0 atom stereocenters. The van der Waals surface area contributed by atoms with Crippen LogP contribution in [0.5, 0.6) is 5.75 Å². The molecule has 2 aromatic rings. The third-order valence-electron chi connectivity index (χ3n) is 1.68. The van der Waals surface area contributed by atoms with E-state index in [0.717, 1.165) is 10.8 Å². The first-order valence-electron chi connectivity index (χ1n) is 3.46. The summed E-state index contributed by atoms with van der Waals surface area (Å²) < 4.78 is 0. The van der Waals surface area contributed by atoms with E-state index in [-0.39, 0.29) is 53.8 Å². The van der Waals surface area contributed by atoms with Crippen molar-refractivity contribution in [1.29, 1.82) is 0 Å². The van der Waals surface area contributed by atoms with Crippen molar-refractivity contribution in [3.63, 3.8) is 0 Å². The molecule has 0 aliphatic carbocycles. The SMILES string of the molecule is Oc1cc[c-]c2ccccc12.[W].[Y]. The Morgan fingerprint density at radius 1 is 1.08 bits per heavy atom. The molecular formula is C10H7OWY-. The molecule has 0 aromatic heterocycles. The van der Waals surface area contributed by atoms with Gasteiger partial charge in [0.2, 0.25) is 0 Å². The summed E-state index contributed by atoms with van der Waals surface area (Å²) in [5.74, 6) is 0.319. The molecule has 0 aliphatic heterocycles. The van der Waals surface area contributed by atoms with Crippen molar-refractivity contribution in [1.82, 2.24) is 0 Å². The average molecular weight is 416 g/mol. The average Bonchev–Trinajstić information content (AvgIpc) is 2.06. The fourth-order valence-electron chi connectivity index (χ4n) is 1.13. The minimum absolute atomic E-state index is 0. The van der Waals surface area contributed by atoms with E-state index in [1.165, 1.54) is 0 Å². The Hall–Kier alpha value is 0.292. The van der Waals surface area contributed by atoms with Gasteiger partial charge in [-0.25, -0.2) is 0 Å². The van der Waals surface area contributed by atoms with Gasteiger partial charge >= 0.3 is 0 Å². The Bertz CT molecular complexity index is 384. The Labute approximate surface area is 117 Å². The topological polar surface area (TPSA) is 20.2 Å². The third-order valence-corrected chi connectivity index (χ3v) is 1.68. The van der Waals surface area contributed by atoms with Gasteiger partial charge in [0.25, 0.3) is 0 Å². The van der Waals surface area contributed by atoms with E-state index in [1.54, 1.807) is 12.1 Å². The van der Waals surface area contributed by atoms with Crippen LogP contribution in [0.1, 0.15) is 0 Å². The van der Waals surface area contributed by atoms with Crippen molar-refractivity contribution < 1.29 is 58.9 Å². The van der Waals surface area contributed by atoms with E-state index in [1.807, 2.05) is 24.3 Å². The molecule has 1 nitrogen and oxygen atoms in total. The van der Waals surface area contributed by atoms with Gasteiger partial charge in [-0.15, -0.1) is 35.7 Å². The van der Waals surface area contributed by atoms with Gasteiger partial charge in [0.15, 0.2) is 0 Å². The maximum atomic E-state index is 9.35. The second kappa shape index (κ2) is 5.91. The maximum absolute atomic E-state index is 9.35. The molecule has 0 spiro atoms. The summed E-state index contributed by atoms with van der Waals surface area (Å²) in [4.78, 5) is 0. The minimum atomic E-state index is 0. The van der Waals surface area contributed by atoms with Crippen LogP contribution in [0.25, 0.3) is 10.8 Å². The van der Waals surface area contributed by atoms with Gasteiger partial charge < -0.3 is 5.11 Å². The molecule has 0 amide bonds. The van der Waals surface area contributed by atoms with Crippen LogP contribution in [0, 0.1) is 6.07 Å². The molecule has 13 heavy (non-hydrogen) atoms. The smallest absolute Gasteiger partial charge is 0.0417 e. The van der Waals surface area contributed by atoms with Crippen molar-refractivity contribution in [2.24, 2.45) is 0 Å². The van der Waals surface area contributed by atoms with Crippen molar-refractivity contribution in [3.05, 3.63) is 42.5 Å². The molecule has 0 saturated heterocycles. The first kappa shape index (κ1) is 13.3. The largest absolute Gasteiger partial charge is 0.527 e. The van der Waals surface area contributed by atoms with E-state index in [0.29, 0.717) is 5.75 Å². The van der Waals surface area contributed by atoms with Crippen LogP contribution >= 0.6 is 0 Å². The van der Waals surface area contributed by atoms with Crippen molar-refractivity contribution in [2.45, 2.75) is 0 Å². The standard InChI is InChI=1S/C10H7O.W.Y/c11-10-7-3-5-8-4-1-2-6-9(8)10;;/h1-4,6-7,11H;;/q-1;;. The van der Waals surface area contributed by atoms with Crippen LogP contribution < -0.4 is 0 Å². The summed E-state index contributed by atoms with van der Waals surface area (Å²) in [7, 11) is 0. The summed E-state index contributed by atoms with van der Waals surface area (Å²) in [6.07, 6.45) is 0. The predicted molar refractivity (Wildman–Crippen MR) is 44.4 cm³/mol. The van der Waals surface area contributed by atoms with Crippen LogP contribution in [-0.2, 0) is 53.8 Å². The first-order valence-corrected chi connectivity index (χ1v) is 3.46. The van der Waals surface area contributed by atoms with E-state index in [4.69, 9.17) is 0 Å². The normalized spacial score (nSPS) is 8.62. The van der Waals surface area contributed by atoms with Crippen molar-refractivity contribution in [2.75, 3.05) is 0 Å². The van der Waals surface area contributed by atoms with Crippen LogP contribution in [0.4, 0.5) is 0 Å². The summed E-state index contributed by atoms with van der Waals surface area (Å²) >= 11 is 0. The molecule has 0 fully saturated rings. The van der Waals surface area contributed by atoms with E-state index in [9.17, 15) is 5.11 Å². The van der Waals surface area contributed by atoms with Gasteiger partial charge in [0.05, 0.1) is 0 Å². The minimum Gasteiger partial charge on any atom is -0.527 e. The van der Waals surface area contributed by atoms with Crippen molar-refractivity contribution in [3.8, 4) is 5.75 Å². The number of aromatic hydroxyl groups is 1. The maximum Gasteiger partial charge on any atom is 0.0417 e. The molecule has 1 N–H and O–H groups in total. The van der Waals surface area contributed by atoms with Gasteiger partial charge in [0.1, 0.15) is 0 Å². The zero-order valence-corrected chi connectivity index (χ0v) is 12.7. The fourth-order valence-corrected chi connectivity index (χ4v) is 1.13. The van der Waals surface area contributed by atoms with Gasteiger partial charge in [0, 0.05) is 59.5 Å². The molecule has 2 rings (SSSR count). The number of fused-ring (bicyclic) bond motifs is 1. The quantitative estimate of drug-likeness (QED) is 0.655. The number of phenols is 1. The Morgan fingerprint density at radius 3 is 2.46 bits per heavy atom. The van der Waals surface area contributed by atoms with Gasteiger partial charge in [-0.3, -0.25) is 0 Å². The molecule has 1 radical (unpaired) electrons. The van der Waals surface area contributed by atoms with E-state index >= 15 is 0 Å². The first-order chi connectivity index (χ1) is 5.38. The number of hydrogen-bond donors (Lipinski definition) is 1. The molecule has 63 valence electrons. The number of benzene rings is 2. The molecule has 0 saturated carbocycles. The monoisotopic (exact) mass is 416 g/mol. The number of hydrogen-bond acceptors (Lipinski definition) is 1. The zero-order valence-electron chi connectivity index (χ0n) is 6.90. The fraction of sp³-hybridized carbons (Fsp3) is 0. The van der Waals surface area contributed by atoms with E-state index < -0.39 is 0 Å². The Morgan fingerprint density at radius 2 is 1.77 bits per heavy atom. The predicted octanol–water partition coefficient (Wildman–Crippen LogP) is 2.34. The third kappa shape index (κ3) is 2.87. The second-order valence-corrected chi connectivity index (χ2v) is 2.41. The summed E-state index contributed by atoms with van der Waals surface area (Å²) in [5.41, 5.74) is 0. The summed E-state index contributed by atoms with van der Waals surface area (Å²) in [6, 6.07) is 14.0. The summed E-state index contributed by atoms with van der Waals surface area (Å²) in [5, 5.41) is 11.2. The van der Waals surface area contributed by atoms with Crippen LogP contribution in [0.3, 0.4) is 0 Å². The zero-order chi connectivity index (χ0) is 7.68. The molecular weight excluding hydrogens is 409 g/mol. The van der Waals surface area contributed by atoms with Crippen molar-refractivity contribution >= 4 is 10.8 Å². The Kier molecular flexibility index (Phi) is 6.04. The van der Waals surface area contributed by atoms with Gasteiger partial charge in [-0.1, -0.05) is 17.5 Å². The Balaban J connectivity index is 0.000000720. The van der Waals surface area contributed by atoms with Crippen LogP contribution in [0.2, 0.25) is 0 Å². The molecule has 0 unspecified atom stereocenters. The summed E-state index contributed by atoms with van der Waals surface area (Å²) in [6.45, 7) is 0. The second-order valence-electron chi connectivity index (χ2n) is 2.41. The molecule has 0 aliphatic rings. The molecule has 3 heteroatoms. The van der Waals surface area contributed by atoms with Gasteiger partial charge in [-0.2, -0.15) is 0 Å². The molecule has 0 heterocycles. The van der Waals surface area contributed by atoms with Crippen LogP contribution in [0.15, 0.2) is 36.4 Å². The number of phenolic OH excluding ortho intramolecular Hbond substituents is 1.